The van der Waals surface area contributed by atoms with Crippen LogP contribution in [-0.4, -0.2) is 29.5 Å². The standard InChI is InChI=1S/C9H13NO3/c1-10(13)9(12)8-5-3-2-4-7(8)6-11/h2-3,6-8,13H,4-5H2,1H3. The molecule has 1 aliphatic carbocycles. The molecule has 2 atom stereocenters. The van der Waals surface area contributed by atoms with Crippen molar-refractivity contribution in [2.45, 2.75) is 12.8 Å². The van der Waals surface area contributed by atoms with E-state index >= 15 is 0 Å². The van der Waals surface area contributed by atoms with Gasteiger partial charge >= 0.3 is 0 Å². The van der Waals surface area contributed by atoms with Crippen molar-refractivity contribution >= 4 is 12.2 Å². The summed E-state index contributed by atoms with van der Waals surface area (Å²) in [7, 11) is 1.28. The Morgan fingerprint density at radius 2 is 2.15 bits per heavy atom. The Morgan fingerprint density at radius 3 is 2.69 bits per heavy atom. The van der Waals surface area contributed by atoms with Gasteiger partial charge < -0.3 is 4.79 Å². The number of carbonyl (C=O) groups excluding carboxylic acids is 2. The van der Waals surface area contributed by atoms with Gasteiger partial charge in [0.1, 0.15) is 6.29 Å². The predicted octanol–water partition coefficient (Wildman–Crippen LogP) is 0.615. The number of hydrogen-bond donors (Lipinski definition) is 1. The van der Waals surface area contributed by atoms with Crippen molar-refractivity contribution in [3.63, 3.8) is 0 Å². The fourth-order valence-electron chi connectivity index (χ4n) is 1.51. The van der Waals surface area contributed by atoms with E-state index < -0.39 is 5.92 Å². The SMILES string of the molecule is CN(O)C(=O)C1CC=CCC1C=O. The molecule has 72 valence electrons. The summed E-state index contributed by atoms with van der Waals surface area (Å²) in [5.74, 6) is -1.06. The minimum absolute atomic E-state index is 0.285. The van der Waals surface area contributed by atoms with Crippen molar-refractivity contribution < 1.29 is 14.8 Å². The van der Waals surface area contributed by atoms with Crippen LogP contribution < -0.4 is 0 Å². The number of hydrogen-bond acceptors (Lipinski definition) is 3. The lowest BCUT2D eigenvalue weighted by molar-refractivity contribution is -0.166. The van der Waals surface area contributed by atoms with Crippen LogP contribution in [0, 0.1) is 11.8 Å². The predicted molar refractivity (Wildman–Crippen MR) is 46.0 cm³/mol. The monoisotopic (exact) mass is 183 g/mol. The summed E-state index contributed by atoms with van der Waals surface area (Å²) in [6, 6.07) is 0. The van der Waals surface area contributed by atoms with Gasteiger partial charge in [-0.25, -0.2) is 5.06 Å². The second kappa shape index (κ2) is 4.18. The lowest BCUT2D eigenvalue weighted by Gasteiger charge is -2.24. The fraction of sp³-hybridized carbons (Fsp3) is 0.556. The van der Waals surface area contributed by atoms with Gasteiger partial charge in [-0.3, -0.25) is 10.0 Å². The molecule has 2 unspecified atom stereocenters. The molecule has 4 heteroatoms. The zero-order valence-corrected chi connectivity index (χ0v) is 7.51. The van der Waals surface area contributed by atoms with E-state index in [2.05, 4.69) is 0 Å². The van der Waals surface area contributed by atoms with E-state index in [0.29, 0.717) is 17.9 Å². The van der Waals surface area contributed by atoms with Gasteiger partial charge in [0.25, 0.3) is 0 Å². The first kappa shape index (κ1) is 9.92. The highest BCUT2D eigenvalue weighted by molar-refractivity contribution is 5.81. The number of hydroxylamine groups is 2. The average molecular weight is 183 g/mol. The lowest BCUT2D eigenvalue weighted by atomic mass is 9.83. The van der Waals surface area contributed by atoms with Crippen molar-refractivity contribution in [2.75, 3.05) is 7.05 Å². The second-order valence-electron chi connectivity index (χ2n) is 3.21. The number of allylic oxidation sites excluding steroid dienone is 2. The second-order valence-corrected chi connectivity index (χ2v) is 3.21. The molecular weight excluding hydrogens is 170 g/mol. The fourth-order valence-corrected chi connectivity index (χ4v) is 1.51. The quantitative estimate of drug-likeness (QED) is 0.295. The topological polar surface area (TPSA) is 57.6 Å². The van der Waals surface area contributed by atoms with Crippen molar-refractivity contribution in [1.29, 1.82) is 0 Å². The van der Waals surface area contributed by atoms with Crippen LogP contribution in [0.3, 0.4) is 0 Å². The number of aldehydes is 1. The van der Waals surface area contributed by atoms with E-state index in [-0.39, 0.29) is 11.8 Å². The van der Waals surface area contributed by atoms with E-state index in [1.165, 1.54) is 7.05 Å². The maximum atomic E-state index is 11.4. The number of carbonyl (C=O) groups is 2. The number of rotatable bonds is 2. The third-order valence-electron chi connectivity index (χ3n) is 2.29. The molecular formula is C9H13NO3. The molecule has 0 aromatic carbocycles. The van der Waals surface area contributed by atoms with Gasteiger partial charge in [0.05, 0.1) is 5.92 Å². The zero-order chi connectivity index (χ0) is 9.84. The maximum Gasteiger partial charge on any atom is 0.249 e. The van der Waals surface area contributed by atoms with Crippen molar-refractivity contribution in [3.05, 3.63) is 12.2 Å². The summed E-state index contributed by atoms with van der Waals surface area (Å²) < 4.78 is 0. The Bertz CT molecular complexity index is 235. The molecule has 1 N–H and O–H groups in total. The normalized spacial score (nSPS) is 26.9. The highest BCUT2D eigenvalue weighted by Gasteiger charge is 2.30. The molecule has 1 amide bonds. The van der Waals surface area contributed by atoms with E-state index in [9.17, 15) is 9.59 Å². The van der Waals surface area contributed by atoms with E-state index in [1.807, 2.05) is 12.2 Å². The molecule has 0 heterocycles. The Balaban J connectivity index is 2.71. The third kappa shape index (κ3) is 2.15. The molecule has 0 aromatic heterocycles. The maximum absolute atomic E-state index is 11.4. The summed E-state index contributed by atoms with van der Waals surface area (Å²) in [4.78, 5) is 22.0. The molecule has 0 bridgehead atoms. The summed E-state index contributed by atoms with van der Waals surface area (Å²) in [6.45, 7) is 0. The molecule has 0 aromatic rings. The summed E-state index contributed by atoms with van der Waals surface area (Å²) in [5, 5.41) is 9.49. The molecule has 0 spiro atoms. The average Bonchev–Trinajstić information content (AvgIpc) is 2.16. The van der Waals surface area contributed by atoms with Crippen LogP contribution in [-0.2, 0) is 9.59 Å². The van der Waals surface area contributed by atoms with Crippen molar-refractivity contribution in [2.24, 2.45) is 11.8 Å². The first-order valence-corrected chi connectivity index (χ1v) is 4.23. The minimum atomic E-state index is -0.391. The van der Waals surface area contributed by atoms with Crippen molar-refractivity contribution in [3.8, 4) is 0 Å². The molecule has 4 nitrogen and oxygen atoms in total. The first-order valence-electron chi connectivity index (χ1n) is 4.23. The van der Waals surface area contributed by atoms with Crippen LogP contribution in [0.15, 0.2) is 12.2 Å². The van der Waals surface area contributed by atoms with Crippen LogP contribution >= 0.6 is 0 Å². The zero-order valence-electron chi connectivity index (χ0n) is 7.51. The molecule has 1 rings (SSSR count). The Kier molecular flexibility index (Phi) is 3.19. The number of nitrogens with zero attached hydrogens (tertiary/aromatic N) is 1. The highest BCUT2D eigenvalue weighted by atomic mass is 16.5. The van der Waals surface area contributed by atoms with E-state index in [4.69, 9.17) is 5.21 Å². The van der Waals surface area contributed by atoms with E-state index in [1.54, 1.807) is 0 Å². The van der Waals surface area contributed by atoms with Gasteiger partial charge in [0.15, 0.2) is 0 Å². The van der Waals surface area contributed by atoms with Crippen LogP contribution in [0.5, 0.6) is 0 Å². The first-order chi connectivity index (χ1) is 6.16. The molecule has 0 saturated heterocycles. The van der Waals surface area contributed by atoms with Gasteiger partial charge in [-0.2, -0.15) is 0 Å². The molecule has 0 aliphatic heterocycles. The third-order valence-corrected chi connectivity index (χ3v) is 2.29. The molecule has 13 heavy (non-hydrogen) atoms. The highest BCUT2D eigenvalue weighted by Crippen LogP contribution is 2.24. The Labute approximate surface area is 76.8 Å². The lowest BCUT2D eigenvalue weighted by Crippen LogP contribution is -2.35. The van der Waals surface area contributed by atoms with Gasteiger partial charge in [-0.1, -0.05) is 12.2 Å². The van der Waals surface area contributed by atoms with Gasteiger partial charge in [0.2, 0.25) is 5.91 Å². The minimum Gasteiger partial charge on any atom is -0.303 e. The van der Waals surface area contributed by atoms with Crippen molar-refractivity contribution in [1.82, 2.24) is 5.06 Å². The summed E-state index contributed by atoms with van der Waals surface area (Å²) >= 11 is 0. The summed E-state index contributed by atoms with van der Waals surface area (Å²) in [6.07, 6.45) is 5.67. The molecule has 0 radical (unpaired) electrons. The Morgan fingerprint density at radius 1 is 1.54 bits per heavy atom. The largest absolute Gasteiger partial charge is 0.303 e. The van der Waals surface area contributed by atoms with Gasteiger partial charge in [0, 0.05) is 13.0 Å². The van der Waals surface area contributed by atoms with Crippen LogP contribution in [0.25, 0.3) is 0 Å². The van der Waals surface area contributed by atoms with E-state index in [0.717, 1.165) is 6.29 Å². The van der Waals surface area contributed by atoms with Crippen LogP contribution in [0.2, 0.25) is 0 Å². The number of amides is 1. The molecule has 0 saturated carbocycles. The summed E-state index contributed by atoms with van der Waals surface area (Å²) in [5.41, 5.74) is 0. The van der Waals surface area contributed by atoms with Gasteiger partial charge in [-0.15, -0.1) is 0 Å². The smallest absolute Gasteiger partial charge is 0.249 e. The molecule has 0 fully saturated rings. The molecule has 1 aliphatic rings. The van der Waals surface area contributed by atoms with Gasteiger partial charge in [-0.05, 0) is 12.8 Å². The van der Waals surface area contributed by atoms with Crippen LogP contribution in [0.1, 0.15) is 12.8 Å². The Hall–Kier alpha value is -1.16. The van der Waals surface area contributed by atoms with Crippen LogP contribution in [0.4, 0.5) is 0 Å².